The van der Waals surface area contributed by atoms with Crippen molar-refractivity contribution in [3.05, 3.63) is 59.7 Å². The van der Waals surface area contributed by atoms with Gasteiger partial charge in [0.15, 0.2) is 0 Å². The molecule has 2 rings (SSSR count). The van der Waals surface area contributed by atoms with Gasteiger partial charge in [-0.15, -0.1) is 0 Å². The van der Waals surface area contributed by atoms with E-state index < -0.39 is 23.9 Å². The number of hydrogen-bond acceptors (Lipinski definition) is 3. The number of nitrogens with one attached hydrogen (secondary N) is 2. The Kier molecular flexibility index (Phi) is 8.91. The Hall–Kier alpha value is -3.03. The van der Waals surface area contributed by atoms with Crippen molar-refractivity contribution in [2.24, 2.45) is 5.41 Å². The largest absolute Gasteiger partial charge is 0.449 e. The summed E-state index contributed by atoms with van der Waals surface area (Å²) in [5.74, 6) is -0.286. The highest BCUT2D eigenvalue weighted by Crippen LogP contribution is 2.31. The molecule has 0 fully saturated rings. The fourth-order valence-corrected chi connectivity index (χ4v) is 2.99. The maximum atomic E-state index is 12.7. The molecule has 0 saturated heterocycles. The Morgan fingerprint density at radius 1 is 0.939 bits per heavy atom. The number of amides is 2. The Morgan fingerprint density at radius 2 is 1.48 bits per heavy atom. The quantitative estimate of drug-likeness (QED) is 0.536. The molecule has 0 saturated carbocycles. The van der Waals surface area contributed by atoms with Crippen LogP contribution in [0, 0.1) is 5.41 Å². The van der Waals surface area contributed by atoms with E-state index in [0.29, 0.717) is 24.9 Å². The molecule has 33 heavy (non-hydrogen) atoms. The van der Waals surface area contributed by atoms with Crippen molar-refractivity contribution in [2.45, 2.75) is 52.8 Å². The van der Waals surface area contributed by atoms with Crippen LogP contribution in [0.15, 0.2) is 48.5 Å². The maximum Gasteiger partial charge on any atom is 0.416 e. The molecule has 2 N–H and O–H groups in total. The molecule has 0 spiro atoms. The SMILES string of the molecule is CC[C@H](NC(=O)OCC(C)(C)C)C(=O)NCCc1ccc(-c2ccc(C(F)(F)F)cc2)cc1. The minimum atomic E-state index is -4.36. The van der Waals surface area contributed by atoms with E-state index in [1.807, 2.05) is 45.0 Å². The summed E-state index contributed by atoms with van der Waals surface area (Å²) in [7, 11) is 0. The van der Waals surface area contributed by atoms with Gasteiger partial charge in [0, 0.05) is 6.54 Å². The molecule has 180 valence electrons. The van der Waals surface area contributed by atoms with Crippen molar-refractivity contribution in [1.29, 1.82) is 0 Å². The van der Waals surface area contributed by atoms with Crippen LogP contribution < -0.4 is 10.6 Å². The average Bonchev–Trinajstić information content (AvgIpc) is 2.75. The number of carbonyl (C=O) groups excluding carboxylic acids is 2. The van der Waals surface area contributed by atoms with E-state index in [1.165, 1.54) is 12.1 Å². The van der Waals surface area contributed by atoms with E-state index in [9.17, 15) is 22.8 Å². The fourth-order valence-electron chi connectivity index (χ4n) is 2.99. The predicted molar refractivity (Wildman–Crippen MR) is 122 cm³/mol. The van der Waals surface area contributed by atoms with Crippen molar-refractivity contribution >= 4 is 12.0 Å². The number of halogens is 3. The molecule has 1 atom stereocenters. The third kappa shape index (κ3) is 8.79. The monoisotopic (exact) mass is 464 g/mol. The summed E-state index contributed by atoms with van der Waals surface area (Å²) in [6, 6.07) is 11.8. The number of carbonyl (C=O) groups is 2. The normalized spacial score (nSPS) is 12.7. The first-order chi connectivity index (χ1) is 15.4. The number of rotatable bonds is 8. The van der Waals surface area contributed by atoms with Gasteiger partial charge in [-0.1, -0.05) is 64.1 Å². The van der Waals surface area contributed by atoms with Crippen LogP contribution in [0.4, 0.5) is 18.0 Å². The third-order valence-electron chi connectivity index (χ3n) is 4.87. The standard InChI is InChI=1S/C25H31F3N2O3/c1-5-21(30-23(32)33-16-24(2,3)4)22(31)29-15-14-17-6-8-18(9-7-17)19-10-12-20(13-11-19)25(26,27)28/h6-13,21H,5,14-16H2,1-4H3,(H,29,31)(H,30,32)/t21-/m0/s1. The molecule has 2 aromatic carbocycles. The zero-order chi connectivity index (χ0) is 24.6. The number of benzene rings is 2. The highest BCUT2D eigenvalue weighted by atomic mass is 19.4. The van der Waals surface area contributed by atoms with Gasteiger partial charge in [-0.05, 0) is 47.1 Å². The highest BCUT2D eigenvalue weighted by Gasteiger charge is 2.30. The van der Waals surface area contributed by atoms with Crippen molar-refractivity contribution in [1.82, 2.24) is 10.6 Å². The van der Waals surface area contributed by atoms with E-state index in [-0.39, 0.29) is 17.9 Å². The lowest BCUT2D eigenvalue weighted by Gasteiger charge is -2.20. The Bertz CT molecular complexity index is 918. The number of alkyl halides is 3. The van der Waals surface area contributed by atoms with E-state index in [0.717, 1.165) is 23.3 Å². The Balaban J connectivity index is 1.83. The molecular formula is C25H31F3N2O3. The molecule has 0 aliphatic heterocycles. The van der Waals surface area contributed by atoms with Crippen molar-refractivity contribution in [2.75, 3.05) is 13.2 Å². The minimum absolute atomic E-state index is 0.163. The lowest BCUT2D eigenvalue weighted by Crippen LogP contribution is -2.47. The fraction of sp³-hybridized carbons (Fsp3) is 0.440. The highest BCUT2D eigenvalue weighted by molar-refractivity contribution is 5.85. The summed E-state index contributed by atoms with van der Waals surface area (Å²) in [5.41, 5.74) is 1.62. The summed E-state index contributed by atoms with van der Waals surface area (Å²) in [6.45, 7) is 8.27. The van der Waals surface area contributed by atoms with Crippen LogP contribution in [0.2, 0.25) is 0 Å². The van der Waals surface area contributed by atoms with Crippen LogP contribution in [0.3, 0.4) is 0 Å². The summed E-state index contributed by atoms with van der Waals surface area (Å²) < 4.78 is 43.3. The molecule has 0 unspecified atom stereocenters. The van der Waals surface area contributed by atoms with E-state index >= 15 is 0 Å². The second kappa shape index (κ2) is 11.2. The van der Waals surface area contributed by atoms with Gasteiger partial charge in [0.05, 0.1) is 12.2 Å². The molecule has 0 heterocycles. The first kappa shape index (κ1) is 26.2. The number of alkyl carbamates (subject to hydrolysis) is 1. The lowest BCUT2D eigenvalue weighted by molar-refractivity contribution is -0.137. The van der Waals surface area contributed by atoms with Gasteiger partial charge < -0.3 is 15.4 Å². The zero-order valence-electron chi connectivity index (χ0n) is 19.4. The van der Waals surface area contributed by atoms with Gasteiger partial charge in [-0.3, -0.25) is 4.79 Å². The maximum absolute atomic E-state index is 12.7. The number of hydrogen-bond donors (Lipinski definition) is 2. The smallest absolute Gasteiger partial charge is 0.416 e. The molecular weight excluding hydrogens is 433 g/mol. The molecule has 8 heteroatoms. The summed E-state index contributed by atoms with van der Waals surface area (Å²) >= 11 is 0. The van der Waals surface area contributed by atoms with Crippen LogP contribution >= 0.6 is 0 Å². The zero-order valence-corrected chi connectivity index (χ0v) is 19.4. The Labute approximate surface area is 192 Å². The van der Waals surface area contributed by atoms with Crippen LogP contribution in [-0.4, -0.2) is 31.2 Å². The molecule has 0 aliphatic rings. The molecule has 2 amide bonds. The van der Waals surface area contributed by atoms with Gasteiger partial charge in [0.1, 0.15) is 6.04 Å². The van der Waals surface area contributed by atoms with Crippen LogP contribution in [0.1, 0.15) is 45.2 Å². The van der Waals surface area contributed by atoms with Crippen LogP contribution in [-0.2, 0) is 22.1 Å². The second-order valence-corrected chi connectivity index (χ2v) is 9.06. The molecule has 2 aromatic rings. The third-order valence-corrected chi connectivity index (χ3v) is 4.87. The van der Waals surface area contributed by atoms with Gasteiger partial charge in [-0.2, -0.15) is 13.2 Å². The van der Waals surface area contributed by atoms with Crippen molar-refractivity contribution < 1.29 is 27.5 Å². The Morgan fingerprint density at radius 3 is 1.97 bits per heavy atom. The van der Waals surface area contributed by atoms with E-state index in [1.54, 1.807) is 6.92 Å². The molecule has 5 nitrogen and oxygen atoms in total. The van der Waals surface area contributed by atoms with E-state index in [2.05, 4.69) is 10.6 Å². The topological polar surface area (TPSA) is 67.4 Å². The minimum Gasteiger partial charge on any atom is -0.449 e. The second-order valence-electron chi connectivity index (χ2n) is 9.06. The van der Waals surface area contributed by atoms with E-state index in [4.69, 9.17) is 4.74 Å². The lowest BCUT2D eigenvalue weighted by atomic mass is 9.99. The first-order valence-electron chi connectivity index (χ1n) is 10.9. The van der Waals surface area contributed by atoms with Crippen molar-refractivity contribution in [3.8, 4) is 11.1 Å². The summed E-state index contributed by atoms with van der Waals surface area (Å²) in [5, 5.41) is 5.39. The van der Waals surface area contributed by atoms with Crippen LogP contribution in [0.25, 0.3) is 11.1 Å². The predicted octanol–water partition coefficient (Wildman–Crippen LogP) is 5.58. The van der Waals surface area contributed by atoms with Gasteiger partial charge >= 0.3 is 12.3 Å². The van der Waals surface area contributed by atoms with Crippen molar-refractivity contribution in [3.63, 3.8) is 0 Å². The van der Waals surface area contributed by atoms with Crippen LogP contribution in [0.5, 0.6) is 0 Å². The van der Waals surface area contributed by atoms with Gasteiger partial charge in [0.25, 0.3) is 0 Å². The summed E-state index contributed by atoms with van der Waals surface area (Å²) in [4.78, 5) is 24.3. The van der Waals surface area contributed by atoms with Gasteiger partial charge in [0.2, 0.25) is 5.91 Å². The first-order valence-corrected chi connectivity index (χ1v) is 10.9. The molecule has 0 aliphatic carbocycles. The van der Waals surface area contributed by atoms with Gasteiger partial charge in [-0.25, -0.2) is 4.79 Å². The molecule has 0 bridgehead atoms. The summed E-state index contributed by atoms with van der Waals surface area (Å²) in [6.07, 6.45) is -3.97. The molecule has 0 aromatic heterocycles. The molecule has 0 radical (unpaired) electrons. The number of ether oxygens (including phenoxy) is 1. The average molecular weight is 465 g/mol.